The molecule has 1 aromatic heterocycles. The lowest BCUT2D eigenvalue weighted by Crippen LogP contribution is -2.18. The third kappa shape index (κ3) is 5.79. The molecule has 174 valence electrons. The molecule has 0 bridgehead atoms. The van der Waals surface area contributed by atoms with Crippen molar-refractivity contribution in [1.82, 2.24) is 4.98 Å². The van der Waals surface area contributed by atoms with E-state index in [1.165, 1.54) is 12.1 Å². The van der Waals surface area contributed by atoms with Crippen LogP contribution in [-0.4, -0.2) is 21.7 Å². The number of carbonyl (C=O) groups excluding carboxylic acids is 2. The molecule has 0 saturated heterocycles. The summed E-state index contributed by atoms with van der Waals surface area (Å²) in [4.78, 5) is 39.9. The smallest absolute Gasteiger partial charge is 0.270 e. The van der Waals surface area contributed by atoms with Crippen molar-refractivity contribution in [2.45, 2.75) is 0 Å². The molecule has 2 N–H and O–H groups in total. The Labute approximate surface area is 204 Å². The third-order valence-electron chi connectivity index (χ3n) is 4.83. The number of hydrogen-bond acceptors (Lipinski definition) is 6. The predicted molar refractivity (Wildman–Crippen MR) is 131 cm³/mol. The molecule has 3 aromatic carbocycles. The summed E-state index contributed by atoms with van der Waals surface area (Å²) in [5, 5.41) is 16.2. The van der Waals surface area contributed by atoms with Gasteiger partial charge in [-0.1, -0.05) is 23.7 Å². The van der Waals surface area contributed by atoms with Crippen LogP contribution >= 0.6 is 11.6 Å². The number of rotatable bonds is 7. The number of nitro benzene ring substituents is 1. The molecule has 0 saturated carbocycles. The fraction of sp³-hybridized carbons (Fsp3) is 0. The highest BCUT2D eigenvalue weighted by atomic mass is 35.5. The van der Waals surface area contributed by atoms with E-state index >= 15 is 0 Å². The highest BCUT2D eigenvalue weighted by Gasteiger charge is 2.18. The van der Waals surface area contributed by atoms with Crippen molar-refractivity contribution in [1.29, 1.82) is 0 Å². The number of halogens is 1. The number of amides is 2. The summed E-state index contributed by atoms with van der Waals surface area (Å²) < 4.78 is 5.71. The van der Waals surface area contributed by atoms with E-state index in [4.69, 9.17) is 16.3 Å². The van der Waals surface area contributed by atoms with E-state index in [-0.39, 0.29) is 27.5 Å². The van der Waals surface area contributed by atoms with Crippen LogP contribution in [0.4, 0.5) is 17.1 Å². The maximum absolute atomic E-state index is 12.9. The van der Waals surface area contributed by atoms with Gasteiger partial charge in [-0.05, 0) is 54.6 Å². The van der Waals surface area contributed by atoms with Crippen molar-refractivity contribution < 1.29 is 19.2 Å². The predicted octanol–water partition coefficient (Wildman–Crippen LogP) is 5.94. The number of carbonyl (C=O) groups is 2. The van der Waals surface area contributed by atoms with Crippen LogP contribution in [0.1, 0.15) is 20.7 Å². The van der Waals surface area contributed by atoms with Crippen LogP contribution in [0.15, 0.2) is 91.3 Å². The van der Waals surface area contributed by atoms with E-state index < -0.39 is 16.7 Å². The molecule has 0 aliphatic heterocycles. The number of aromatic nitrogens is 1. The average molecular weight is 489 g/mol. The minimum Gasteiger partial charge on any atom is -0.457 e. The zero-order valence-electron chi connectivity index (χ0n) is 18.0. The first-order valence-electron chi connectivity index (χ1n) is 10.2. The standard InChI is InChI=1S/C25H17ClN4O5/c26-22-15-17(30(33)34)7-10-20(22)24(31)29-23-4-2-1-3-21(23)25(32)28-16-5-8-18(9-6-16)35-19-11-13-27-14-12-19/h1-15H,(H,28,32)(H,29,31). The molecule has 0 radical (unpaired) electrons. The number of nitro groups is 1. The molecule has 10 heteroatoms. The normalized spacial score (nSPS) is 10.3. The van der Waals surface area contributed by atoms with Crippen molar-refractivity contribution in [3.63, 3.8) is 0 Å². The van der Waals surface area contributed by atoms with Gasteiger partial charge >= 0.3 is 0 Å². The SMILES string of the molecule is O=C(Nc1ccccc1C(=O)Nc1ccc(Oc2ccncc2)cc1)c1ccc([N+](=O)[O-])cc1Cl. The maximum Gasteiger partial charge on any atom is 0.270 e. The van der Waals surface area contributed by atoms with E-state index in [0.717, 1.165) is 6.07 Å². The van der Waals surface area contributed by atoms with E-state index in [1.54, 1.807) is 73.1 Å². The second-order valence-electron chi connectivity index (χ2n) is 7.18. The summed E-state index contributed by atoms with van der Waals surface area (Å²) in [5.41, 5.74) is 0.801. The molecule has 35 heavy (non-hydrogen) atoms. The highest BCUT2D eigenvalue weighted by Crippen LogP contribution is 2.26. The van der Waals surface area contributed by atoms with Gasteiger partial charge in [0.15, 0.2) is 0 Å². The highest BCUT2D eigenvalue weighted by molar-refractivity contribution is 6.34. The third-order valence-corrected chi connectivity index (χ3v) is 5.14. The molecule has 1 heterocycles. The van der Waals surface area contributed by atoms with Crippen LogP contribution in [0.5, 0.6) is 11.5 Å². The van der Waals surface area contributed by atoms with Crippen LogP contribution in [0.2, 0.25) is 5.02 Å². The fourth-order valence-electron chi connectivity index (χ4n) is 3.13. The second-order valence-corrected chi connectivity index (χ2v) is 7.59. The Morgan fingerprint density at radius 3 is 2.17 bits per heavy atom. The number of nitrogens with one attached hydrogen (secondary N) is 2. The lowest BCUT2D eigenvalue weighted by Gasteiger charge is -2.12. The van der Waals surface area contributed by atoms with Gasteiger partial charge < -0.3 is 15.4 Å². The van der Waals surface area contributed by atoms with E-state index in [1.807, 2.05) is 0 Å². The summed E-state index contributed by atoms with van der Waals surface area (Å²) in [6.07, 6.45) is 3.24. The van der Waals surface area contributed by atoms with E-state index in [9.17, 15) is 19.7 Å². The number of ether oxygens (including phenoxy) is 1. The zero-order chi connectivity index (χ0) is 24.8. The van der Waals surface area contributed by atoms with Gasteiger partial charge in [-0.3, -0.25) is 24.7 Å². The van der Waals surface area contributed by atoms with Gasteiger partial charge in [0.25, 0.3) is 17.5 Å². The number of hydrogen-bond donors (Lipinski definition) is 2. The van der Waals surface area contributed by atoms with Crippen LogP contribution < -0.4 is 15.4 Å². The second kappa shape index (κ2) is 10.4. The Hall–Kier alpha value is -4.76. The summed E-state index contributed by atoms with van der Waals surface area (Å²) in [6.45, 7) is 0. The van der Waals surface area contributed by atoms with Crippen LogP contribution in [0.25, 0.3) is 0 Å². The molecule has 9 nitrogen and oxygen atoms in total. The Kier molecular flexibility index (Phi) is 6.99. The van der Waals surface area contributed by atoms with Crippen LogP contribution in [-0.2, 0) is 0 Å². The molecule has 0 fully saturated rings. The minimum atomic E-state index is -0.609. The number of anilines is 2. The fourth-order valence-corrected chi connectivity index (χ4v) is 3.39. The quantitative estimate of drug-likeness (QED) is 0.245. The molecule has 0 aliphatic rings. The maximum atomic E-state index is 12.9. The number of benzene rings is 3. The summed E-state index contributed by atoms with van der Waals surface area (Å²) in [6, 6.07) is 20.2. The molecule has 0 atom stereocenters. The Balaban J connectivity index is 1.46. The molecule has 0 aliphatic carbocycles. The van der Waals surface area contributed by atoms with E-state index in [2.05, 4.69) is 15.6 Å². The number of non-ortho nitro benzene ring substituents is 1. The molecule has 4 rings (SSSR count). The number of nitrogens with zero attached hydrogens (tertiary/aromatic N) is 2. The molecule has 4 aromatic rings. The van der Waals surface area contributed by atoms with Gasteiger partial charge in [0.2, 0.25) is 0 Å². The van der Waals surface area contributed by atoms with Gasteiger partial charge in [-0.15, -0.1) is 0 Å². The summed E-state index contributed by atoms with van der Waals surface area (Å²) in [7, 11) is 0. The molecular weight excluding hydrogens is 472 g/mol. The number of pyridine rings is 1. The largest absolute Gasteiger partial charge is 0.457 e. The minimum absolute atomic E-state index is 0.0391. The Bertz CT molecular complexity index is 1390. The lowest BCUT2D eigenvalue weighted by molar-refractivity contribution is -0.384. The first-order valence-corrected chi connectivity index (χ1v) is 10.6. The summed E-state index contributed by atoms with van der Waals surface area (Å²) >= 11 is 6.05. The van der Waals surface area contributed by atoms with Gasteiger partial charge in [0, 0.05) is 30.2 Å². The van der Waals surface area contributed by atoms with Gasteiger partial charge in [0.05, 0.1) is 26.8 Å². The topological polar surface area (TPSA) is 123 Å². The van der Waals surface area contributed by atoms with Gasteiger partial charge in [-0.25, -0.2) is 0 Å². The zero-order valence-corrected chi connectivity index (χ0v) is 18.7. The first kappa shape index (κ1) is 23.4. The monoisotopic (exact) mass is 488 g/mol. The Morgan fingerprint density at radius 2 is 1.49 bits per heavy atom. The molecule has 0 unspecified atom stereocenters. The van der Waals surface area contributed by atoms with Crippen LogP contribution in [0, 0.1) is 10.1 Å². The van der Waals surface area contributed by atoms with Crippen molar-refractivity contribution in [3.05, 3.63) is 118 Å². The van der Waals surface area contributed by atoms with Crippen molar-refractivity contribution in [2.75, 3.05) is 10.6 Å². The van der Waals surface area contributed by atoms with Crippen LogP contribution in [0.3, 0.4) is 0 Å². The van der Waals surface area contributed by atoms with E-state index in [0.29, 0.717) is 17.2 Å². The average Bonchev–Trinajstić information content (AvgIpc) is 2.86. The Morgan fingerprint density at radius 1 is 0.829 bits per heavy atom. The van der Waals surface area contributed by atoms with Gasteiger partial charge in [0.1, 0.15) is 11.5 Å². The van der Waals surface area contributed by atoms with Crippen molar-refractivity contribution >= 4 is 40.5 Å². The molecule has 0 spiro atoms. The molecule has 2 amide bonds. The lowest BCUT2D eigenvalue weighted by atomic mass is 10.1. The summed E-state index contributed by atoms with van der Waals surface area (Å²) in [5.74, 6) is 0.165. The first-order chi connectivity index (χ1) is 16.9. The van der Waals surface area contributed by atoms with Gasteiger partial charge in [-0.2, -0.15) is 0 Å². The molecular formula is C25H17ClN4O5. The van der Waals surface area contributed by atoms with Crippen molar-refractivity contribution in [2.24, 2.45) is 0 Å². The number of para-hydroxylation sites is 1. The van der Waals surface area contributed by atoms with Crippen molar-refractivity contribution in [3.8, 4) is 11.5 Å².